The van der Waals surface area contributed by atoms with Crippen molar-refractivity contribution in [3.63, 3.8) is 0 Å². The SMILES string of the molecule is O=c1c2ccccc2nc(-c2ccc(-c3nccn3C3CCC3)cc2)n1-c1ccc(Cl)cn1. The quantitative estimate of drug-likeness (QED) is 0.350. The minimum absolute atomic E-state index is 0.171. The summed E-state index contributed by atoms with van der Waals surface area (Å²) in [6.07, 6.45) is 9.11. The lowest BCUT2D eigenvalue weighted by Gasteiger charge is -2.28. The van der Waals surface area contributed by atoms with E-state index in [0.717, 1.165) is 17.0 Å². The van der Waals surface area contributed by atoms with Crippen LogP contribution in [0.5, 0.6) is 0 Å². The van der Waals surface area contributed by atoms with Gasteiger partial charge in [0, 0.05) is 35.8 Å². The molecular weight excluding hydrogens is 434 g/mol. The first-order valence-corrected chi connectivity index (χ1v) is 11.3. The summed E-state index contributed by atoms with van der Waals surface area (Å²) in [5.41, 5.74) is 2.33. The van der Waals surface area contributed by atoms with Gasteiger partial charge in [0.2, 0.25) is 0 Å². The number of fused-ring (bicyclic) bond motifs is 1. The number of nitrogens with zero attached hydrogens (tertiary/aromatic N) is 5. The van der Waals surface area contributed by atoms with Crippen LogP contribution in [0.4, 0.5) is 0 Å². The Kier molecular flexibility index (Phi) is 4.80. The first kappa shape index (κ1) is 19.9. The third-order valence-electron chi connectivity index (χ3n) is 6.25. The molecule has 33 heavy (non-hydrogen) atoms. The third kappa shape index (κ3) is 3.43. The molecule has 7 heteroatoms. The van der Waals surface area contributed by atoms with E-state index in [0.29, 0.717) is 33.6 Å². The van der Waals surface area contributed by atoms with Gasteiger partial charge in [-0.15, -0.1) is 0 Å². The molecule has 0 N–H and O–H groups in total. The molecule has 1 saturated carbocycles. The molecule has 6 rings (SSSR count). The van der Waals surface area contributed by atoms with Crippen LogP contribution in [-0.4, -0.2) is 24.1 Å². The predicted octanol–water partition coefficient (Wildman–Crippen LogP) is 5.69. The molecule has 0 aliphatic heterocycles. The summed E-state index contributed by atoms with van der Waals surface area (Å²) >= 11 is 6.03. The van der Waals surface area contributed by atoms with Crippen LogP contribution in [0.3, 0.4) is 0 Å². The molecule has 0 radical (unpaired) electrons. The van der Waals surface area contributed by atoms with Crippen molar-refractivity contribution in [1.29, 1.82) is 0 Å². The number of para-hydroxylation sites is 1. The zero-order valence-corrected chi connectivity index (χ0v) is 18.5. The molecule has 2 aromatic carbocycles. The van der Waals surface area contributed by atoms with E-state index in [2.05, 4.69) is 20.7 Å². The Morgan fingerprint density at radius 3 is 2.33 bits per heavy atom. The second-order valence-electron chi connectivity index (χ2n) is 8.25. The second kappa shape index (κ2) is 7.98. The average molecular weight is 454 g/mol. The van der Waals surface area contributed by atoms with Gasteiger partial charge < -0.3 is 4.57 Å². The summed E-state index contributed by atoms with van der Waals surface area (Å²) < 4.78 is 3.81. The van der Waals surface area contributed by atoms with Crippen molar-refractivity contribution in [1.82, 2.24) is 24.1 Å². The molecule has 0 bridgehead atoms. The van der Waals surface area contributed by atoms with E-state index >= 15 is 0 Å². The van der Waals surface area contributed by atoms with Crippen molar-refractivity contribution in [3.05, 3.63) is 94.6 Å². The zero-order valence-electron chi connectivity index (χ0n) is 17.7. The zero-order chi connectivity index (χ0) is 22.4. The molecule has 3 aromatic heterocycles. The number of hydrogen-bond donors (Lipinski definition) is 0. The third-order valence-corrected chi connectivity index (χ3v) is 6.48. The van der Waals surface area contributed by atoms with Crippen LogP contribution >= 0.6 is 11.6 Å². The van der Waals surface area contributed by atoms with Crippen LogP contribution in [0.25, 0.3) is 39.5 Å². The topological polar surface area (TPSA) is 65.6 Å². The van der Waals surface area contributed by atoms with Gasteiger partial charge in [-0.2, -0.15) is 0 Å². The van der Waals surface area contributed by atoms with Crippen molar-refractivity contribution in [2.24, 2.45) is 0 Å². The van der Waals surface area contributed by atoms with Gasteiger partial charge in [0.1, 0.15) is 17.5 Å². The summed E-state index contributed by atoms with van der Waals surface area (Å²) in [7, 11) is 0. The minimum atomic E-state index is -0.171. The minimum Gasteiger partial charge on any atom is -0.328 e. The Morgan fingerprint density at radius 1 is 0.879 bits per heavy atom. The monoisotopic (exact) mass is 453 g/mol. The van der Waals surface area contributed by atoms with E-state index in [4.69, 9.17) is 16.6 Å². The molecule has 6 nitrogen and oxygen atoms in total. The average Bonchev–Trinajstić information content (AvgIpc) is 3.28. The summed E-state index contributed by atoms with van der Waals surface area (Å²) in [5.74, 6) is 1.97. The lowest BCUT2D eigenvalue weighted by molar-refractivity contribution is 0.316. The highest BCUT2D eigenvalue weighted by atomic mass is 35.5. The normalized spacial score (nSPS) is 13.8. The van der Waals surface area contributed by atoms with Gasteiger partial charge in [-0.1, -0.05) is 48.0 Å². The second-order valence-corrected chi connectivity index (χ2v) is 8.68. The summed E-state index contributed by atoms with van der Waals surface area (Å²) in [6.45, 7) is 0. The fraction of sp³-hybridized carbons (Fsp3) is 0.154. The Balaban J connectivity index is 1.50. The number of benzene rings is 2. The van der Waals surface area contributed by atoms with Gasteiger partial charge >= 0.3 is 0 Å². The van der Waals surface area contributed by atoms with E-state index < -0.39 is 0 Å². The Bertz CT molecular complexity index is 1520. The van der Waals surface area contributed by atoms with Crippen LogP contribution in [-0.2, 0) is 0 Å². The first-order chi connectivity index (χ1) is 16.2. The van der Waals surface area contributed by atoms with Gasteiger partial charge in [-0.05, 0) is 43.5 Å². The number of pyridine rings is 1. The molecule has 1 aliphatic rings. The molecule has 5 aromatic rings. The Morgan fingerprint density at radius 2 is 1.64 bits per heavy atom. The fourth-order valence-corrected chi connectivity index (χ4v) is 4.42. The van der Waals surface area contributed by atoms with E-state index in [1.807, 2.05) is 48.7 Å². The van der Waals surface area contributed by atoms with Gasteiger partial charge in [-0.3, -0.25) is 4.79 Å². The van der Waals surface area contributed by atoms with Crippen molar-refractivity contribution >= 4 is 22.5 Å². The van der Waals surface area contributed by atoms with Crippen molar-refractivity contribution in [2.45, 2.75) is 25.3 Å². The van der Waals surface area contributed by atoms with Crippen LogP contribution in [0.1, 0.15) is 25.3 Å². The molecule has 0 spiro atoms. The molecule has 162 valence electrons. The van der Waals surface area contributed by atoms with Crippen LogP contribution in [0.15, 0.2) is 84.0 Å². The van der Waals surface area contributed by atoms with Crippen LogP contribution in [0.2, 0.25) is 5.02 Å². The number of rotatable bonds is 4. The maximum Gasteiger partial charge on any atom is 0.267 e. The maximum atomic E-state index is 13.5. The number of imidazole rings is 1. The molecular formula is C26H20ClN5O. The van der Waals surface area contributed by atoms with Crippen molar-refractivity contribution < 1.29 is 0 Å². The predicted molar refractivity (Wildman–Crippen MR) is 130 cm³/mol. The molecule has 0 amide bonds. The summed E-state index contributed by atoms with van der Waals surface area (Å²) in [6, 6.07) is 19.4. The highest BCUT2D eigenvalue weighted by molar-refractivity contribution is 6.30. The van der Waals surface area contributed by atoms with Crippen LogP contribution < -0.4 is 5.56 Å². The number of halogens is 1. The van der Waals surface area contributed by atoms with Crippen LogP contribution in [0, 0.1) is 0 Å². The largest absolute Gasteiger partial charge is 0.328 e. The van der Waals surface area contributed by atoms with Crippen molar-refractivity contribution in [2.75, 3.05) is 0 Å². The van der Waals surface area contributed by atoms with E-state index in [1.165, 1.54) is 25.5 Å². The maximum absolute atomic E-state index is 13.5. The highest BCUT2D eigenvalue weighted by Gasteiger charge is 2.22. The van der Waals surface area contributed by atoms with Crippen molar-refractivity contribution in [3.8, 4) is 28.6 Å². The smallest absolute Gasteiger partial charge is 0.267 e. The molecule has 1 fully saturated rings. The number of hydrogen-bond acceptors (Lipinski definition) is 4. The summed E-state index contributed by atoms with van der Waals surface area (Å²) in [4.78, 5) is 27.3. The summed E-state index contributed by atoms with van der Waals surface area (Å²) in [5, 5.41) is 1.05. The van der Waals surface area contributed by atoms with E-state index in [9.17, 15) is 4.79 Å². The standard InChI is InChI=1S/C26H20ClN5O/c27-19-12-13-23(29-16-19)32-25(30-22-7-2-1-6-21(22)26(32)33)18-10-8-17(9-11-18)24-28-14-15-31(24)20-4-3-5-20/h1-2,6-16,20H,3-5H2. The molecule has 0 unspecified atom stereocenters. The molecule has 0 saturated heterocycles. The molecule has 3 heterocycles. The highest BCUT2D eigenvalue weighted by Crippen LogP contribution is 2.35. The first-order valence-electron chi connectivity index (χ1n) is 11.0. The van der Waals surface area contributed by atoms with E-state index in [1.54, 1.807) is 22.8 Å². The van der Waals surface area contributed by atoms with Gasteiger partial charge in [0.25, 0.3) is 5.56 Å². The lowest BCUT2D eigenvalue weighted by atomic mass is 9.92. The van der Waals surface area contributed by atoms with Gasteiger partial charge in [0.15, 0.2) is 0 Å². The Hall–Kier alpha value is -3.77. The van der Waals surface area contributed by atoms with Gasteiger partial charge in [-0.25, -0.2) is 19.5 Å². The number of aromatic nitrogens is 5. The molecule has 0 atom stereocenters. The Labute approximate surface area is 195 Å². The fourth-order valence-electron chi connectivity index (χ4n) is 4.30. The molecule has 1 aliphatic carbocycles. The lowest BCUT2D eigenvalue weighted by Crippen LogP contribution is -2.22. The van der Waals surface area contributed by atoms with E-state index in [-0.39, 0.29) is 5.56 Å². The van der Waals surface area contributed by atoms with Gasteiger partial charge in [0.05, 0.1) is 15.9 Å².